The van der Waals surface area contributed by atoms with Crippen molar-refractivity contribution in [2.45, 2.75) is 17.8 Å². The molecular formula is C11H13ClN4S. The third-order valence-corrected chi connectivity index (χ3v) is 3.82. The normalized spacial score (nSPS) is 10.8. The molecule has 4 nitrogen and oxygen atoms in total. The molecule has 0 unspecified atom stereocenters. The van der Waals surface area contributed by atoms with Gasteiger partial charge in [0.2, 0.25) is 0 Å². The summed E-state index contributed by atoms with van der Waals surface area (Å²) in [5, 5.41) is 9.64. The number of hydrogen-bond acceptors (Lipinski definition) is 4. The highest BCUT2D eigenvalue weighted by molar-refractivity contribution is 7.98. The van der Waals surface area contributed by atoms with Crippen LogP contribution in [-0.4, -0.2) is 14.8 Å². The summed E-state index contributed by atoms with van der Waals surface area (Å²) in [4.78, 5) is 0. The number of nitrogen functional groups attached to an aromatic ring is 1. The minimum Gasteiger partial charge on any atom is -0.398 e. The van der Waals surface area contributed by atoms with Gasteiger partial charge in [-0.2, -0.15) is 0 Å². The SMILES string of the molecule is Cc1nnc(SCc2ccc(Cl)cc2N)n1C. The van der Waals surface area contributed by atoms with Crippen LogP contribution in [0.25, 0.3) is 0 Å². The first-order valence-electron chi connectivity index (χ1n) is 5.10. The zero-order valence-corrected chi connectivity index (χ0v) is 11.2. The minimum atomic E-state index is 0.658. The summed E-state index contributed by atoms with van der Waals surface area (Å²) in [7, 11) is 1.95. The van der Waals surface area contributed by atoms with Crippen LogP contribution in [0, 0.1) is 6.92 Å². The number of halogens is 1. The van der Waals surface area contributed by atoms with E-state index in [1.54, 1.807) is 17.8 Å². The van der Waals surface area contributed by atoms with E-state index in [4.69, 9.17) is 17.3 Å². The number of anilines is 1. The second kappa shape index (κ2) is 4.98. The number of benzene rings is 1. The Bertz CT molecular complexity index is 538. The summed E-state index contributed by atoms with van der Waals surface area (Å²) in [6, 6.07) is 5.54. The summed E-state index contributed by atoms with van der Waals surface area (Å²) in [6.07, 6.45) is 0. The van der Waals surface area contributed by atoms with Gasteiger partial charge < -0.3 is 10.3 Å². The van der Waals surface area contributed by atoms with Crippen molar-refractivity contribution in [3.8, 4) is 0 Å². The summed E-state index contributed by atoms with van der Waals surface area (Å²) < 4.78 is 1.96. The highest BCUT2D eigenvalue weighted by Gasteiger charge is 2.07. The quantitative estimate of drug-likeness (QED) is 0.687. The van der Waals surface area contributed by atoms with Crippen LogP contribution < -0.4 is 5.73 Å². The Labute approximate surface area is 109 Å². The van der Waals surface area contributed by atoms with Gasteiger partial charge in [0, 0.05) is 23.5 Å². The lowest BCUT2D eigenvalue weighted by Crippen LogP contribution is -1.96. The molecular weight excluding hydrogens is 256 g/mol. The molecule has 0 atom stereocenters. The van der Waals surface area contributed by atoms with Crippen LogP contribution in [0.5, 0.6) is 0 Å². The molecule has 0 amide bonds. The van der Waals surface area contributed by atoms with E-state index in [0.717, 1.165) is 22.3 Å². The molecule has 0 aliphatic rings. The second-order valence-electron chi connectivity index (χ2n) is 3.72. The monoisotopic (exact) mass is 268 g/mol. The van der Waals surface area contributed by atoms with Gasteiger partial charge in [-0.15, -0.1) is 10.2 Å². The zero-order valence-electron chi connectivity index (χ0n) is 9.64. The fraction of sp³-hybridized carbons (Fsp3) is 0.273. The van der Waals surface area contributed by atoms with Crippen molar-refractivity contribution in [1.29, 1.82) is 0 Å². The summed E-state index contributed by atoms with van der Waals surface area (Å²) in [6.45, 7) is 1.92. The number of thioether (sulfide) groups is 1. The van der Waals surface area contributed by atoms with E-state index in [0.29, 0.717) is 10.7 Å². The second-order valence-corrected chi connectivity index (χ2v) is 5.10. The summed E-state index contributed by atoms with van der Waals surface area (Å²) >= 11 is 7.46. The average molecular weight is 269 g/mol. The van der Waals surface area contributed by atoms with Crippen LogP contribution in [0.2, 0.25) is 5.02 Å². The number of hydrogen-bond donors (Lipinski definition) is 1. The molecule has 17 heavy (non-hydrogen) atoms. The van der Waals surface area contributed by atoms with E-state index in [1.807, 2.05) is 30.7 Å². The maximum Gasteiger partial charge on any atom is 0.191 e. The third-order valence-electron chi connectivity index (χ3n) is 2.52. The van der Waals surface area contributed by atoms with Crippen molar-refractivity contribution in [2.24, 2.45) is 7.05 Å². The fourth-order valence-electron chi connectivity index (χ4n) is 1.35. The van der Waals surface area contributed by atoms with Gasteiger partial charge in [0.25, 0.3) is 0 Å². The standard InChI is InChI=1S/C11H13ClN4S/c1-7-14-15-11(16(7)2)17-6-8-3-4-9(12)5-10(8)13/h3-5H,6,13H2,1-2H3. The van der Waals surface area contributed by atoms with Crippen molar-refractivity contribution in [2.75, 3.05) is 5.73 Å². The molecule has 2 aromatic rings. The van der Waals surface area contributed by atoms with Crippen molar-refractivity contribution in [3.05, 3.63) is 34.6 Å². The topological polar surface area (TPSA) is 56.7 Å². The van der Waals surface area contributed by atoms with Crippen LogP contribution in [0.4, 0.5) is 5.69 Å². The molecule has 0 fully saturated rings. The molecule has 0 saturated carbocycles. The van der Waals surface area contributed by atoms with Gasteiger partial charge in [0.15, 0.2) is 5.16 Å². The number of aryl methyl sites for hydroxylation is 1. The first-order valence-corrected chi connectivity index (χ1v) is 6.47. The molecule has 0 spiro atoms. The Kier molecular flexibility index (Phi) is 3.59. The molecule has 90 valence electrons. The molecule has 2 rings (SSSR count). The van der Waals surface area contributed by atoms with Gasteiger partial charge in [-0.25, -0.2) is 0 Å². The summed E-state index contributed by atoms with van der Waals surface area (Å²) in [5.41, 5.74) is 7.66. The number of aromatic nitrogens is 3. The predicted molar refractivity (Wildman–Crippen MR) is 71.2 cm³/mol. The number of nitrogens with zero attached hydrogens (tertiary/aromatic N) is 3. The van der Waals surface area contributed by atoms with Gasteiger partial charge in [0.1, 0.15) is 5.82 Å². The van der Waals surface area contributed by atoms with E-state index < -0.39 is 0 Å². The van der Waals surface area contributed by atoms with Gasteiger partial charge in [-0.1, -0.05) is 29.4 Å². The van der Waals surface area contributed by atoms with Crippen molar-refractivity contribution in [1.82, 2.24) is 14.8 Å². The van der Waals surface area contributed by atoms with Gasteiger partial charge >= 0.3 is 0 Å². The Balaban J connectivity index is 2.10. The highest BCUT2D eigenvalue weighted by atomic mass is 35.5. The lowest BCUT2D eigenvalue weighted by Gasteiger charge is -2.05. The smallest absolute Gasteiger partial charge is 0.191 e. The molecule has 2 N–H and O–H groups in total. The predicted octanol–water partition coefficient (Wildman–Crippen LogP) is 2.65. The van der Waals surface area contributed by atoms with Crippen molar-refractivity contribution >= 4 is 29.1 Å². The van der Waals surface area contributed by atoms with Crippen LogP contribution in [0.1, 0.15) is 11.4 Å². The maximum absolute atomic E-state index is 5.89. The van der Waals surface area contributed by atoms with Crippen LogP contribution in [-0.2, 0) is 12.8 Å². The molecule has 1 heterocycles. The molecule has 0 radical (unpaired) electrons. The lowest BCUT2D eigenvalue weighted by molar-refractivity contribution is 0.765. The van der Waals surface area contributed by atoms with Gasteiger partial charge in [-0.05, 0) is 24.6 Å². The van der Waals surface area contributed by atoms with E-state index in [9.17, 15) is 0 Å². The van der Waals surface area contributed by atoms with Crippen LogP contribution in [0.3, 0.4) is 0 Å². The Hall–Kier alpha value is -1.20. The van der Waals surface area contributed by atoms with Gasteiger partial charge in [0.05, 0.1) is 0 Å². The highest BCUT2D eigenvalue weighted by Crippen LogP contribution is 2.26. The number of nitrogens with two attached hydrogens (primary N) is 1. The Morgan fingerprint density at radius 3 is 2.76 bits per heavy atom. The van der Waals surface area contributed by atoms with E-state index in [2.05, 4.69) is 10.2 Å². The fourth-order valence-corrected chi connectivity index (χ4v) is 2.51. The molecule has 0 saturated heterocycles. The van der Waals surface area contributed by atoms with Crippen LogP contribution in [0.15, 0.2) is 23.4 Å². The van der Waals surface area contributed by atoms with E-state index >= 15 is 0 Å². The average Bonchev–Trinajstić information content (AvgIpc) is 2.59. The lowest BCUT2D eigenvalue weighted by atomic mass is 10.2. The first-order chi connectivity index (χ1) is 8.08. The molecule has 0 aliphatic carbocycles. The third kappa shape index (κ3) is 2.73. The molecule has 1 aromatic carbocycles. The molecule has 6 heteroatoms. The van der Waals surface area contributed by atoms with E-state index in [-0.39, 0.29) is 0 Å². The van der Waals surface area contributed by atoms with Crippen LogP contribution >= 0.6 is 23.4 Å². The summed E-state index contributed by atoms with van der Waals surface area (Å²) in [5.74, 6) is 1.66. The zero-order chi connectivity index (χ0) is 12.4. The molecule has 0 aliphatic heterocycles. The Morgan fingerprint density at radius 1 is 1.41 bits per heavy atom. The maximum atomic E-state index is 5.89. The van der Waals surface area contributed by atoms with Gasteiger partial charge in [-0.3, -0.25) is 0 Å². The largest absolute Gasteiger partial charge is 0.398 e. The van der Waals surface area contributed by atoms with Crippen molar-refractivity contribution < 1.29 is 0 Å². The van der Waals surface area contributed by atoms with Crippen molar-refractivity contribution in [3.63, 3.8) is 0 Å². The first kappa shape index (κ1) is 12.3. The number of rotatable bonds is 3. The molecule has 1 aromatic heterocycles. The minimum absolute atomic E-state index is 0.658. The van der Waals surface area contributed by atoms with E-state index in [1.165, 1.54) is 0 Å². The Morgan fingerprint density at radius 2 is 2.18 bits per heavy atom. The molecule has 0 bridgehead atoms.